The Morgan fingerprint density at radius 1 is 1.36 bits per heavy atom. The third kappa shape index (κ3) is 3.99. The number of rotatable bonds is 5. The normalized spacial score (nSPS) is 16.2. The Hall–Kier alpha value is -2.41. The molecule has 0 saturated carbocycles. The fraction of sp³-hybridized carbons (Fsp3) is 0.333. The summed E-state index contributed by atoms with van der Waals surface area (Å²) in [5.41, 5.74) is 6.90. The molecule has 1 aromatic heterocycles. The van der Waals surface area contributed by atoms with Crippen molar-refractivity contribution in [3.05, 3.63) is 46.1 Å². The first-order chi connectivity index (χ1) is 11.9. The van der Waals surface area contributed by atoms with Crippen LogP contribution in [0.4, 0.5) is 9.39 Å². The van der Waals surface area contributed by atoms with Gasteiger partial charge in [-0.25, -0.2) is 4.39 Å². The van der Waals surface area contributed by atoms with Crippen molar-refractivity contribution >= 4 is 28.2 Å². The number of hydrogen-bond acceptors (Lipinski definition) is 4. The van der Waals surface area contributed by atoms with Crippen molar-refractivity contribution in [1.29, 1.82) is 0 Å². The molecule has 1 aliphatic rings. The summed E-state index contributed by atoms with van der Waals surface area (Å²) in [5.74, 6) is -0.343. The number of primary amides is 1. The smallest absolute Gasteiger partial charge is 0.262 e. The van der Waals surface area contributed by atoms with Crippen molar-refractivity contribution in [2.45, 2.75) is 26.2 Å². The first-order valence-corrected chi connectivity index (χ1v) is 8.88. The molecule has 1 unspecified atom stereocenters. The SMILES string of the molecule is CC1CCc2c(sc(NC(=O)COc3ccc(F)cc3)c2C(N)=O)C1. The van der Waals surface area contributed by atoms with Gasteiger partial charge in [-0.15, -0.1) is 11.3 Å². The number of nitrogens with one attached hydrogen (secondary N) is 1. The van der Waals surface area contributed by atoms with Gasteiger partial charge in [-0.2, -0.15) is 0 Å². The number of thiophene rings is 1. The fourth-order valence-corrected chi connectivity index (χ4v) is 4.37. The van der Waals surface area contributed by atoms with E-state index >= 15 is 0 Å². The first-order valence-electron chi connectivity index (χ1n) is 8.06. The van der Waals surface area contributed by atoms with Gasteiger partial charge in [0, 0.05) is 4.88 Å². The van der Waals surface area contributed by atoms with Gasteiger partial charge in [-0.3, -0.25) is 9.59 Å². The van der Waals surface area contributed by atoms with Crippen molar-refractivity contribution in [3.8, 4) is 5.75 Å². The van der Waals surface area contributed by atoms with Crippen LogP contribution in [0.2, 0.25) is 0 Å². The number of benzene rings is 1. The molecule has 1 aliphatic carbocycles. The highest BCUT2D eigenvalue weighted by Gasteiger charge is 2.27. The van der Waals surface area contributed by atoms with E-state index in [0.717, 1.165) is 29.7 Å². The number of ether oxygens (including phenoxy) is 1. The van der Waals surface area contributed by atoms with Gasteiger partial charge in [-0.1, -0.05) is 6.92 Å². The van der Waals surface area contributed by atoms with Crippen LogP contribution in [0.25, 0.3) is 0 Å². The summed E-state index contributed by atoms with van der Waals surface area (Å²) in [6, 6.07) is 5.41. The lowest BCUT2D eigenvalue weighted by molar-refractivity contribution is -0.118. The second-order valence-corrected chi connectivity index (χ2v) is 7.32. The lowest BCUT2D eigenvalue weighted by Gasteiger charge is -2.18. The molecular formula is C18H19FN2O3S. The molecule has 3 N–H and O–H groups in total. The van der Waals surface area contributed by atoms with Crippen molar-refractivity contribution in [2.24, 2.45) is 11.7 Å². The van der Waals surface area contributed by atoms with Crippen LogP contribution in [0.1, 0.15) is 34.1 Å². The zero-order chi connectivity index (χ0) is 18.0. The van der Waals surface area contributed by atoms with E-state index in [1.165, 1.54) is 35.6 Å². The predicted octanol–water partition coefficient (Wildman–Crippen LogP) is 3.13. The Balaban J connectivity index is 1.70. The molecule has 0 saturated heterocycles. The molecule has 1 heterocycles. The molecule has 1 aromatic carbocycles. The van der Waals surface area contributed by atoms with Crippen LogP contribution in [0.3, 0.4) is 0 Å². The topological polar surface area (TPSA) is 81.4 Å². The minimum atomic E-state index is -0.526. The number of amides is 2. The zero-order valence-corrected chi connectivity index (χ0v) is 14.6. The molecule has 25 heavy (non-hydrogen) atoms. The molecule has 132 valence electrons. The van der Waals surface area contributed by atoms with E-state index in [9.17, 15) is 14.0 Å². The second-order valence-electron chi connectivity index (χ2n) is 6.21. The maximum atomic E-state index is 12.9. The molecule has 3 rings (SSSR count). The third-order valence-corrected chi connectivity index (χ3v) is 5.36. The average Bonchev–Trinajstić information content (AvgIpc) is 2.91. The molecule has 1 atom stereocenters. The maximum Gasteiger partial charge on any atom is 0.262 e. The van der Waals surface area contributed by atoms with Gasteiger partial charge in [0.15, 0.2) is 6.61 Å². The van der Waals surface area contributed by atoms with Crippen molar-refractivity contribution in [2.75, 3.05) is 11.9 Å². The van der Waals surface area contributed by atoms with Gasteiger partial charge < -0.3 is 15.8 Å². The van der Waals surface area contributed by atoms with Gasteiger partial charge in [0.25, 0.3) is 11.8 Å². The third-order valence-electron chi connectivity index (χ3n) is 4.19. The molecular weight excluding hydrogens is 343 g/mol. The number of hydrogen-bond donors (Lipinski definition) is 2. The van der Waals surface area contributed by atoms with E-state index in [0.29, 0.717) is 22.2 Å². The molecule has 5 nitrogen and oxygen atoms in total. The number of carbonyl (C=O) groups excluding carboxylic acids is 2. The Bertz CT molecular complexity index is 801. The quantitative estimate of drug-likeness (QED) is 0.857. The molecule has 0 bridgehead atoms. The van der Waals surface area contributed by atoms with Gasteiger partial charge in [-0.05, 0) is 55.0 Å². The van der Waals surface area contributed by atoms with Crippen LogP contribution in [0.15, 0.2) is 24.3 Å². The summed E-state index contributed by atoms with van der Waals surface area (Å²) in [5, 5.41) is 3.21. The van der Waals surface area contributed by atoms with E-state index in [1.54, 1.807) is 0 Å². The Kier molecular flexibility index (Phi) is 5.03. The Morgan fingerprint density at radius 3 is 2.76 bits per heavy atom. The molecule has 2 aromatic rings. The largest absolute Gasteiger partial charge is 0.484 e. The predicted molar refractivity (Wildman–Crippen MR) is 94.6 cm³/mol. The zero-order valence-electron chi connectivity index (χ0n) is 13.8. The van der Waals surface area contributed by atoms with Crippen LogP contribution < -0.4 is 15.8 Å². The number of nitrogens with two attached hydrogens (primary N) is 1. The maximum absolute atomic E-state index is 12.9. The van der Waals surface area contributed by atoms with Crippen LogP contribution >= 0.6 is 11.3 Å². The van der Waals surface area contributed by atoms with Crippen molar-refractivity contribution in [3.63, 3.8) is 0 Å². The van der Waals surface area contributed by atoms with Gasteiger partial charge >= 0.3 is 0 Å². The summed E-state index contributed by atoms with van der Waals surface area (Å²) in [4.78, 5) is 25.1. The molecule has 0 fully saturated rings. The molecule has 0 radical (unpaired) electrons. The minimum Gasteiger partial charge on any atom is -0.484 e. The van der Waals surface area contributed by atoms with E-state index < -0.39 is 11.8 Å². The highest BCUT2D eigenvalue weighted by Crippen LogP contribution is 2.39. The number of carbonyl (C=O) groups is 2. The minimum absolute atomic E-state index is 0.233. The Labute approximate surface area is 149 Å². The lowest BCUT2D eigenvalue weighted by atomic mass is 9.88. The van der Waals surface area contributed by atoms with Crippen LogP contribution in [0.5, 0.6) is 5.75 Å². The van der Waals surface area contributed by atoms with Gasteiger partial charge in [0.2, 0.25) is 0 Å². The van der Waals surface area contributed by atoms with Gasteiger partial charge in [0.1, 0.15) is 16.6 Å². The lowest BCUT2D eigenvalue weighted by Crippen LogP contribution is -2.22. The first kappa shape index (κ1) is 17.4. The standard InChI is InChI=1S/C18H19FN2O3S/c1-10-2-7-13-14(8-10)25-18(16(13)17(20)23)21-15(22)9-24-12-5-3-11(19)4-6-12/h3-6,10H,2,7-9H2,1H3,(H2,20,23)(H,21,22). The van der Waals surface area contributed by atoms with Gasteiger partial charge in [0.05, 0.1) is 5.56 Å². The second kappa shape index (κ2) is 7.23. The van der Waals surface area contributed by atoms with Crippen LogP contribution in [0, 0.1) is 11.7 Å². The summed E-state index contributed by atoms with van der Waals surface area (Å²) in [7, 11) is 0. The number of anilines is 1. The molecule has 7 heteroatoms. The highest BCUT2D eigenvalue weighted by atomic mass is 32.1. The van der Waals surface area contributed by atoms with Crippen LogP contribution in [-0.2, 0) is 17.6 Å². The Morgan fingerprint density at radius 2 is 2.08 bits per heavy atom. The van der Waals surface area contributed by atoms with E-state index in [1.807, 2.05) is 0 Å². The van der Waals surface area contributed by atoms with Crippen molar-refractivity contribution < 1.29 is 18.7 Å². The summed E-state index contributed by atoms with van der Waals surface area (Å²) >= 11 is 1.41. The van der Waals surface area contributed by atoms with E-state index in [-0.39, 0.29) is 12.4 Å². The summed E-state index contributed by atoms with van der Waals surface area (Å²) < 4.78 is 18.2. The highest BCUT2D eigenvalue weighted by molar-refractivity contribution is 7.17. The average molecular weight is 362 g/mol. The number of fused-ring (bicyclic) bond motifs is 1. The molecule has 0 spiro atoms. The summed E-state index contributed by atoms with van der Waals surface area (Å²) in [6.45, 7) is 1.93. The van der Waals surface area contributed by atoms with E-state index in [4.69, 9.17) is 10.5 Å². The van der Waals surface area contributed by atoms with Crippen molar-refractivity contribution in [1.82, 2.24) is 0 Å². The fourth-order valence-electron chi connectivity index (χ4n) is 2.94. The monoisotopic (exact) mass is 362 g/mol. The van der Waals surface area contributed by atoms with E-state index in [2.05, 4.69) is 12.2 Å². The van der Waals surface area contributed by atoms with Crippen LogP contribution in [-0.4, -0.2) is 18.4 Å². The number of halogens is 1. The molecule has 2 amide bonds. The molecule has 0 aliphatic heterocycles. The summed E-state index contributed by atoms with van der Waals surface area (Å²) in [6.07, 6.45) is 2.69.